The Hall–Kier alpha value is -3.78. The quantitative estimate of drug-likeness (QED) is 0.447. The third kappa shape index (κ3) is 4.94. The van der Waals surface area contributed by atoms with Crippen LogP contribution in [0.1, 0.15) is 43.6 Å². The fraction of sp³-hybridized carbons (Fsp3) is 0.0476. The van der Waals surface area contributed by atoms with E-state index in [9.17, 15) is 19.2 Å². The molecule has 146 valence electrons. The van der Waals surface area contributed by atoms with E-state index in [-0.39, 0.29) is 11.3 Å². The number of carbonyl (C=O) groups excluding carboxylic acids is 4. The Morgan fingerprint density at radius 3 is 2.00 bits per heavy atom. The number of carbonyl (C=O) groups is 4. The van der Waals surface area contributed by atoms with Gasteiger partial charge in [0.25, 0.3) is 11.8 Å². The van der Waals surface area contributed by atoms with Gasteiger partial charge in [0.05, 0.1) is 5.56 Å². The molecule has 0 saturated carbocycles. The molecule has 7 nitrogen and oxygen atoms in total. The zero-order valence-corrected chi connectivity index (χ0v) is 16.2. The predicted octanol–water partition coefficient (Wildman–Crippen LogP) is 3.01. The van der Waals surface area contributed by atoms with Gasteiger partial charge in [0, 0.05) is 23.6 Å². The maximum atomic E-state index is 12.5. The molecule has 0 saturated heterocycles. The second-order valence-electron chi connectivity index (χ2n) is 6.03. The summed E-state index contributed by atoms with van der Waals surface area (Å²) in [5.41, 5.74) is 6.06. The molecule has 1 aromatic heterocycles. The Morgan fingerprint density at radius 2 is 1.34 bits per heavy atom. The van der Waals surface area contributed by atoms with Crippen molar-refractivity contribution in [3.63, 3.8) is 0 Å². The van der Waals surface area contributed by atoms with Crippen molar-refractivity contribution in [2.45, 2.75) is 6.92 Å². The highest BCUT2D eigenvalue weighted by atomic mass is 32.1. The number of ketones is 1. The van der Waals surface area contributed by atoms with Crippen LogP contribution in [-0.4, -0.2) is 23.5 Å². The number of hydrogen-bond acceptors (Lipinski definition) is 5. The molecule has 3 rings (SSSR count). The fourth-order valence-electron chi connectivity index (χ4n) is 2.50. The van der Waals surface area contributed by atoms with Crippen molar-refractivity contribution < 1.29 is 19.2 Å². The minimum Gasteiger partial charge on any atom is -0.313 e. The summed E-state index contributed by atoms with van der Waals surface area (Å²) in [6.07, 6.45) is 0. The molecule has 0 aliphatic heterocycles. The van der Waals surface area contributed by atoms with Gasteiger partial charge >= 0.3 is 0 Å². The Morgan fingerprint density at radius 1 is 0.724 bits per heavy atom. The summed E-state index contributed by atoms with van der Waals surface area (Å²) in [5, 5.41) is 4.68. The summed E-state index contributed by atoms with van der Waals surface area (Å²) >= 11 is 1.18. The van der Waals surface area contributed by atoms with Gasteiger partial charge in [0.1, 0.15) is 5.00 Å². The van der Waals surface area contributed by atoms with Crippen LogP contribution in [0.5, 0.6) is 0 Å². The smallest absolute Gasteiger partial charge is 0.272 e. The lowest BCUT2D eigenvalue weighted by Gasteiger charge is -2.08. The molecule has 8 heteroatoms. The summed E-state index contributed by atoms with van der Waals surface area (Å²) in [6.45, 7) is 1.27. The Kier molecular flexibility index (Phi) is 6.16. The normalized spacial score (nSPS) is 10.1. The van der Waals surface area contributed by atoms with Crippen LogP contribution in [0.3, 0.4) is 0 Å². The van der Waals surface area contributed by atoms with E-state index in [1.54, 1.807) is 60.0 Å². The van der Waals surface area contributed by atoms with Crippen molar-refractivity contribution in [3.8, 4) is 0 Å². The third-order valence-corrected chi connectivity index (χ3v) is 4.76. The number of thiophene rings is 1. The average molecular weight is 407 g/mol. The molecule has 2 aromatic carbocycles. The second-order valence-corrected chi connectivity index (χ2v) is 6.94. The molecule has 0 atom stereocenters. The number of rotatable bonds is 5. The highest BCUT2D eigenvalue weighted by Gasteiger charge is 2.17. The first-order valence-electron chi connectivity index (χ1n) is 8.61. The van der Waals surface area contributed by atoms with Gasteiger partial charge in [-0.1, -0.05) is 42.5 Å². The van der Waals surface area contributed by atoms with Crippen LogP contribution in [0.15, 0.2) is 66.0 Å². The molecule has 0 spiro atoms. The SMILES string of the molecule is CC(=O)NNC(=O)c1ccsc1NC(=O)c1ccc(C(=O)c2ccccc2)cc1. The number of anilines is 1. The minimum absolute atomic E-state index is 0.132. The largest absolute Gasteiger partial charge is 0.313 e. The molecule has 3 aromatic rings. The van der Waals surface area contributed by atoms with E-state index in [0.29, 0.717) is 21.7 Å². The van der Waals surface area contributed by atoms with Gasteiger partial charge in [-0.2, -0.15) is 0 Å². The maximum Gasteiger partial charge on any atom is 0.272 e. The Labute approximate surface area is 170 Å². The first-order chi connectivity index (χ1) is 14.0. The highest BCUT2D eigenvalue weighted by molar-refractivity contribution is 7.14. The topological polar surface area (TPSA) is 104 Å². The van der Waals surface area contributed by atoms with E-state index < -0.39 is 17.7 Å². The van der Waals surface area contributed by atoms with Crippen molar-refractivity contribution in [1.82, 2.24) is 10.9 Å². The molecule has 0 fully saturated rings. The van der Waals surface area contributed by atoms with E-state index in [2.05, 4.69) is 16.2 Å². The van der Waals surface area contributed by atoms with Crippen molar-refractivity contribution >= 4 is 39.8 Å². The molecule has 3 amide bonds. The molecular weight excluding hydrogens is 390 g/mol. The second kappa shape index (κ2) is 8.94. The fourth-order valence-corrected chi connectivity index (χ4v) is 3.28. The van der Waals surface area contributed by atoms with Gasteiger partial charge in [-0.15, -0.1) is 11.3 Å². The molecule has 1 heterocycles. The first-order valence-corrected chi connectivity index (χ1v) is 9.49. The lowest BCUT2D eigenvalue weighted by atomic mass is 10.0. The standard InChI is InChI=1S/C21H17N3O4S/c1-13(25)23-24-20(28)17-11-12-29-21(17)22-19(27)16-9-7-15(8-10-16)18(26)14-5-3-2-4-6-14/h2-12H,1H3,(H,22,27)(H,23,25)(H,24,28). The number of nitrogens with one attached hydrogen (secondary N) is 3. The molecular formula is C21H17N3O4S. The van der Waals surface area contributed by atoms with Gasteiger partial charge < -0.3 is 5.32 Å². The van der Waals surface area contributed by atoms with E-state index in [1.807, 2.05) is 6.07 Å². The van der Waals surface area contributed by atoms with Crippen LogP contribution in [0.4, 0.5) is 5.00 Å². The predicted molar refractivity (Wildman–Crippen MR) is 110 cm³/mol. The number of hydrogen-bond donors (Lipinski definition) is 3. The van der Waals surface area contributed by atoms with Crippen LogP contribution >= 0.6 is 11.3 Å². The van der Waals surface area contributed by atoms with Crippen LogP contribution in [0.2, 0.25) is 0 Å². The van der Waals surface area contributed by atoms with E-state index >= 15 is 0 Å². The van der Waals surface area contributed by atoms with Crippen molar-refractivity contribution in [1.29, 1.82) is 0 Å². The van der Waals surface area contributed by atoms with Gasteiger partial charge in [-0.05, 0) is 23.6 Å². The van der Waals surface area contributed by atoms with Gasteiger partial charge in [0.2, 0.25) is 5.91 Å². The molecule has 29 heavy (non-hydrogen) atoms. The molecule has 0 aliphatic rings. The lowest BCUT2D eigenvalue weighted by Crippen LogP contribution is -2.40. The number of amides is 3. The van der Waals surface area contributed by atoms with Crippen molar-refractivity contribution in [2.24, 2.45) is 0 Å². The van der Waals surface area contributed by atoms with Crippen LogP contribution in [0.25, 0.3) is 0 Å². The summed E-state index contributed by atoms with van der Waals surface area (Å²) in [4.78, 5) is 48.0. The van der Waals surface area contributed by atoms with E-state index in [4.69, 9.17) is 0 Å². The first kappa shape index (κ1) is 20.0. The summed E-state index contributed by atoms with van der Waals surface area (Å²) in [7, 11) is 0. The van der Waals surface area contributed by atoms with Crippen LogP contribution in [-0.2, 0) is 4.79 Å². The Bertz CT molecular complexity index is 1060. The molecule has 0 aliphatic carbocycles. The Balaban J connectivity index is 1.69. The number of benzene rings is 2. The third-order valence-electron chi connectivity index (χ3n) is 3.93. The average Bonchev–Trinajstić information content (AvgIpc) is 3.20. The molecule has 0 radical (unpaired) electrons. The van der Waals surface area contributed by atoms with Gasteiger partial charge in [0.15, 0.2) is 5.78 Å². The summed E-state index contributed by atoms with van der Waals surface area (Å²) in [6, 6.07) is 16.7. The van der Waals surface area contributed by atoms with Crippen molar-refractivity contribution in [2.75, 3.05) is 5.32 Å². The van der Waals surface area contributed by atoms with Gasteiger partial charge in [-0.3, -0.25) is 30.0 Å². The molecule has 0 bridgehead atoms. The molecule has 0 unspecified atom stereocenters. The number of hydrazine groups is 1. The summed E-state index contributed by atoms with van der Waals surface area (Å²) in [5.74, 6) is -1.50. The highest BCUT2D eigenvalue weighted by Crippen LogP contribution is 2.24. The van der Waals surface area contributed by atoms with Crippen molar-refractivity contribution in [3.05, 3.63) is 88.3 Å². The minimum atomic E-state index is -0.541. The summed E-state index contributed by atoms with van der Waals surface area (Å²) < 4.78 is 0. The zero-order chi connectivity index (χ0) is 20.8. The van der Waals surface area contributed by atoms with E-state index in [1.165, 1.54) is 18.3 Å². The van der Waals surface area contributed by atoms with Gasteiger partial charge in [-0.25, -0.2) is 0 Å². The van der Waals surface area contributed by atoms with Crippen LogP contribution < -0.4 is 16.2 Å². The van der Waals surface area contributed by atoms with E-state index in [0.717, 1.165) is 0 Å². The molecule has 3 N–H and O–H groups in total. The maximum absolute atomic E-state index is 12.5. The lowest BCUT2D eigenvalue weighted by molar-refractivity contribution is -0.119. The zero-order valence-electron chi connectivity index (χ0n) is 15.4. The monoisotopic (exact) mass is 407 g/mol. The van der Waals surface area contributed by atoms with Crippen LogP contribution in [0, 0.1) is 0 Å².